The second kappa shape index (κ2) is 12.9. The number of hydrogen-bond acceptors (Lipinski definition) is 1. The molecule has 0 bridgehead atoms. The third-order valence-electron chi connectivity index (χ3n) is 5.19. The predicted octanol–water partition coefficient (Wildman–Crippen LogP) is 5.65. The Balaban J connectivity index is 0.000000941. The van der Waals surface area contributed by atoms with E-state index in [2.05, 4.69) is 97.9 Å². The Morgan fingerprint density at radius 3 is 1.34 bits per heavy atom. The van der Waals surface area contributed by atoms with Crippen LogP contribution in [0.4, 0.5) is 0 Å². The van der Waals surface area contributed by atoms with Gasteiger partial charge < -0.3 is 5.11 Å². The Labute approximate surface area is 176 Å². The van der Waals surface area contributed by atoms with Gasteiger partial charge in [-0.05, 0) is 49.2 Å². The van der Waals surface area contributed by atoms with Crippen molar-refractivity contribution in [1.82, 2.24) is 0 Å². The van der Waals surface area contributed by atoms with Crippen LogP contribution in [0.2, 0.25) is 0 Å². The first-order chi connectivity index (χ1) is 14.3. The van der Waals surface area contributed by atoms with E-state index in [1.54, 1.807) is 0 Å². The topological polar surface area (TPSA) is 37.3 Å². The molecule has 0 radical (unpaired) electrons. The molecular formula is C26H32O2P+. The summed E-state index contributed by atoms with van der Waals surface area (Å²) in [4.78, 5) is 8.36. The summed E-state index contributed by atoms with van der Waals surface area (Å²) in [7, 11) is -1.60. The summed E-state index contributed by atoms with van der Waals surface area (Å²) in [5.74, 6) is 0. The molecule has 0 atom stereocenters. The zero-order valence-electron chi connectivity index (χ0n) is 17.3. The number of hydrogen-bond donors (Lipinski definition) is 1. The highest BCUT2D eigenvalue weighted by atomic mass is 31.2. The molecule has 0 spiro atoms. The molecule has 0 heterocycles. The maximum absolute atomic E-state index is 8.36. The molecule has 0 amide bonds. The van der Waals surface area contributed by atoms with Crippen molar-refractivity contribution in [3.8, 4) is 0 Å². The minimum atomic E-state index is -1.60. The summed E-state index contributed by atoms with van der Waals surface area (Å²) >= 11 is 0. The van der Waals surface area contributed by atoms with Crippen molar-refractivity contribution < 1.29 is 9.90 Å². The average Bonchev–Trinajstić information content (AvgIpc) is 2.79. The van der Waals surface area contributed by atoms with Gasteiger partial charge in [0.05, 0.1) is 6.16 Å². The standard InChI is InChI=1S/C25H30P.CH2O2/c1-2-3-4-5-15-22-26(23-16-9-6-10-17-23,24-18-11-7-12-19-24)25-20-13-8-14-21-25;2-1-3/h6-14,16-21H,2-5,15,22H2,1H3;1H,(H,2,3)/q+1;. The number of rotatable bonds is 9. The summed E-state index contributed by atoms with van der Waals surface area (Å²) in [6, 6.07) is 33.7. The molecule has 152 valence electrons. The lowest BCUT2D eigenvalue weighted by molar-refractivity contribution is -0.122. The third kappa shape index (κ3) is 6.27. The van der Waals surface area contributed by atoms with Crippen molar-refractivity contribution in [2.24, 2.45) is 0 Å². The number of carbonyl (C=O) groups is 1. The van der Waals surface area contributed by atoms with Gasteiger partial charge in [0.15, 0.2) is 0 Å². The summed E-state index contributed by atoms with van der Waals surface area (Å²) in [5.41, 5.74) is 0. The largest absolute Gasteiger partial charge is 0.483 e. The first-order valence-corrected chi connectivity index (χ1v) is 12.4. The minimum Gasteiger partial charge on any atom is -0.483 e. The summed E-state index contributed by atoms with van der Waals surface area (Å²) in [6.45, 7) is 2.04. The summed E-state index contributed by atoms with van der Waals surface area (Å²) in [5, 5.41) is 11.4. The van der Waals surface area contributed by atoms with Crippen LogP contribution >= 0.6 is 7.26 Å². The van der Waals surface area contributed by atoms with E-state index in [-0.39, 0.29) is 6.47 Å². The predicted molar refractivity (Wildman–Crippen MR) is 127 cm³/mol. The van der Waals surface area contributed by atoms with Gasteiger partial charge in [0.25, 0.3) is 6.47 Å². The fraction of sp³-hybridized carbons (Fsp3) is 0.269. The van der Waals surface area contributed by atoms with Gasteiger partial charge in [-0.25, -0.2) is 0 Å². The molecule has 0 fully saturated rings. The fourth-order valence-corrected chi connectivity index (χ4v) is 8.24. The molecule has 0 aliphatic heterocycles. The first kappa shape index (κ1) is 22.8. The van der Waals surface area contributed by atoms with Crippen LogP contribution in [-0.4, -0.2) is 17.7 Å². The monoisotopic (exact) mass is 407 g/mol. The van der Waals surface area contributed by atoms with Gasteiger partial charge in [0.1, 0.15) is 23.2 Å². The van der Waals surface area contributed by atoms with Gasteiger partial charge in [-0.1, -0.05) is 80.8 Å². The molecule has 29 heavy (non-hydrogen) atoms. The Bertz CT molecular complexity index is 707. The van der Waals surface area contributed by atoms with E-state index in [1.165, 1.54) is 54.2 Å². The van der Waals surface area contributed by atoms with E-state index in [9.17, 15) is 0 Å². The van der Waals surface area contributed by atoms with Crippen LogP contribution in [0.1, 0.15) is 39.0 Å². The number of carboxylic acid groups (broad SMARTS) is 1. The van der Waals surface area contributed by atoms with Gasteiger partial charge in [0.2, 0.25) is 0 Å². The third-order valence-corrected chi connectivity index (χ3v) is 9.71. The number of unbranched alkanes of at least 4 members (excludes halogenated alkanes) is 4. The SMILES string of the molecule is CCCCCCC[P+](c1ccccc1)(c1ccccc1)c1ccccc1.O=CO. The van der Waals surface area contributed by atoms with Crippen LogP contribution in [0, 0.1) is 0 Å². The smallest absolute Gasteiger partial charge is 0.290 e. The van der Waals surface area contributed by atoms with E-state index in [4.69, 9.17) is 9.90 Å². The van der Waals surface area contributed by atoms with E-state index in [0.29, 0.717) is 0 Å². The number of benzene rings is 3. The van der Waals surface area contributed by atoms with E-state index < -0.39 is 7.26 Å². The van der Waals surface area contributed by atoms with Crippen LogP contribution in [0.5, 0.6) is 0 Å². The van der Waals surface area contributed by atoms with Crippen LogP contribution in [0.15, 0.2) is 91.0 Å². The highest BCUT2D eigenvalue weighted by Crippen LogP contribution is 2.55. The lowest BCUT2D eigenvalue weighted by Crippen LogP contribution is -2.33. The molecule has 0 saturated heterocycles. The molecule has 3 rings (SSSR count). The van der Waals surface area contributed by atoms with Crippen molar-refractivity contribution in [1.29, 1.82) is 0 Å². The van der Waals surface area contributed by atoms with Crippen molar-refractivity contribution >= 4 is 29.6 Å². The Morgan fingerprint density at radius 1 is 0.655 bits per heavy atom. The molecule has 0 aliphatic carbocycles. The molecule has 0 aliphatic rings. The lowest BCUT2D eigenvalue weighted by atomic mass is 10.2. The van der Waals surface area contributed by atoms with Crippen LogP contribution in [0.3, 0.4) is 0 Å². The fourth-order valence-electron chi connectivity index (χ4n) is 3.83. The molecule has 1 N–H and O–H groups in total. The normalized spacial score (nSPS) is 10.7. The Kier molecular flexibility index (Phi) is 10.2. The van der Waals surface area contributed by atoms with Gasteiger partial charge in [-0.2, -0.15) is 0 Å². The second-order valence-electron chi connectivity index (χ2n) is 7.06. The lowest BCUT2D eigenvalue weighted by Gasteiger charge is -2.27. The van der Waals surface area contributed by atoms with E-state index in [0.717, 1.165) is 0 Å². The Hall–Kier alpha value is -2.44. The maximum Gasteiger partial charge on any atom is 0.290 e. The van der Waals surface area contributed by atoms with Crippen molar-refractivity contribution in [3.63, 3.8) is 0 Å². The summed E-state index contributed by atoms with van der Waals surface area (Å²) in [6.07, 6.45) is 7.90. The van der Waals surface area contributed by atoms with Gasteiger partial charge in [0, 0.05) is 0 Å². The molecule has 0 unspecified atom stereocenters. The molecule has 3 heteroatoms. The van der Waals surface area contributed by atoms with E-state index in [1.807, 2.05) is 0 Å². The second-order valence-corrected chi connectivity index (χ2v) is 10.7. The maximum atomic E-state index is 8.36. The zero-order chi connectivity index (χ0) is 20.8. The minimum absolute atomic E-state index is 0.250. The van der Waals surface area contributed by atoms with Crippen molar-refractivity contribution in [2.45, 2.75) is 39.0 Å². The molecule has 0 aromatic heterocycles. The molecule has 2 nitrogen and oxygen atoms in total. The van der Waals surface area contributed by atoms with E-state index >= 15 is 0 Å². The molecule has 3 aromatic carbocycles. The summed E-state index contributed by atoms with van der Waals surface area (Å²) < 4.78 is 0. The quantitative estimate of drug-likeness (QED) is 0.283. The molecular weight excluding hydrogens is 375 g/mol. The van der Waals surface area contributed by atoms with Gasteiger partial charge in [-0.3, -0.25) is 4.79 Å². The highest BCUT2D eigenvalue weighted by molar-refractivity contribution is 7.95. The van der Waals surface area contributed by atoms with Crippen LogP contribution in [-0.2, 0) is 4.79 Å². The van der Waals surface area contributed by atoms with Gasteiger partial charge >= 0.3 is 0 Å². The van der Waals surface area contributed by atoms with Crippen LogP contribution < -0.4 is 15.9 Å². The van der Waals surface area contributed by atoms with Crippen LogP contribution in [0.25, 0.3) is 0 Å². The molecule has 0 saturated carbocycles. The van der Waals surface area contributed by atoms with Gasteiger partial charge in [-0.15, -0.1) is 0 Å². The average molecular weight is 408 g/mol. The van der Waals surface area contributed by atoms with Crippen molar-refractivity contribution in [2.75, 3.05) is 6.16 Å². The molecule has 3 aromatic rings. The van der Waals surface area contributed by atoms with Crippen molar-refractivity contribution in [3.05, 3.63) is 91.0 Å². The zero-order valence-corrected chi connectivity index (χ0v) is 18.2. The highest BCUT2D eigenvalue weighted by Gasteiger charge is 2.44. The Morgan fingerprint density at radius 2 is 1.00 bits per heavy atom. The first-order valence-electron chi connectivity index (χ1n) is 10.4.